The highest BCUT2D eigenvalue weighted by molar-refractivity contribution is 5.68. The van der Waals surface area contributed by atoms with Crippen LogP contribution < -0.4 is 0 Å². The molecule has 3 nitrogen and oxygen atoms in total. The molecular formula is C14H13NO2. The zero-order chi connectivity index (χ0) is 12.1. The van der Waals surface area contributed by atoms with Crippen LogP contribution in [0.25, 0.3) is 0 Å². The summed E-state index contributed by atoms with van der Waals surface area (Å²) in [6, 6.07) is 15.2. The van der Waals surface area contributed by atoms with E-state index in [2.05, 4.69) is 4.98 Å². The third-order valence-electron chi connectivity index (χ3n) is 2.63. The largest absolute Gasteiger partial charge is 0.481 e. The van der Waals surface area contributed by atoms with Gasteiger partial charge in [-0.05, 0) is 17.7 Å². The first kappa shape index (κ1) is 11.3. The minimum atomic E-state index is -0.815. The van der Waals surface area contributed by atoms with Crippen LogP contribution in [0, 0.1) is 0 Å². The predicted molar refractivity (Wildman–Crippen MR) is 64.8 cm³/mol. The van der Waals surface area contributed by atoms with E-state index in [1.807, 2.05) is 48.5 Å². The van der Waals surface area contributed by atoms with Crippen molar-refractivity contribution in [1.82, 2.24) is 4.98 Å². The molecule has 1 atom stereocenters. The van der Waals surface area contributed by atoms with Crippen molar-refractivity contribution in [2.45, 2.75) is 12.3 Å². The molecule has 1 aromatic carbocycles. The molecule has 0 aliphatic heterocycles. The fourth-order valence-electron chi connectivity index (χ4n) is 1.84. The van der Waals surface area contributed by atoms with E-state index < -0.39 is 5.97 Å². The molecule has 0 bridgehead atoms. The first-order valence-electron chi connectivity index (χ1n) is 5.45. The standard InChI is InChI=1S/C14H13NO2/c16-14(17)10-12(11-6-2-1-3-7-11)13-8-4-5-9-15-13/h1-9,12H,10H2,(H,16,17). The Morgan fingerprint density at radius 3 is 2.41 bits per heavy atom. The lowest BCUT2D eigenvalue weighted by Crippen LogP contribution is -2.09. The van der Waals surface area contributed by atoms with Crippen molar-refractivity contribution in [3.8, 4) is 0 Å². The summed E-state index contributed by atoms with van der Waals surface area (Å²) in [6.45, 7) is 0. The summed E-state index contributed by atoms with van der Waals surface area (Å²) in [5.74, 6) is -1.00. The molecule has 0 aliphatic rings. The Balaban J connectivity index is 2.36. The summed E-state index contributed by atoms with van der Waals surface area (Å²) in [7, 11) is 0. The molecule has 0 spiro atoms. The van der Waals surface area contributed by atoms with Crippen LogP contribution in [0.3, 0.4) is 0 Å². The smallest absolute Gasteiger partial charge is 0.304 e. The third-order valence-corrected chi connectivity index (χ3v) is 2.63. The third kappa shape index (κ3) is 2.91. The minimum Gasteiger partial charge on any atom is -0.481 e. The second kappa shape index (κ2) is 5.25. The van der Waals surface area contributed by atoms with Gasteiger partial charge in [-0.3, -0.25) is 9.78 Å². The highest BCUT2D eigenvalue weighted by Gasteiger charge is 2.18. The van der Waals surface area contributed by atoms with Gasteiger partial charge in [-0.2, -0.15) is 0 Å². The van der Waals surface area contributed by atoms with Crippen LogP contribution in [-0.2, 0) is 4.79 Å². The Morgan fingerprint density at radius 1 is 1.12 bits per heavy atom. The summed E-state index contributed by atoms with van der Waals surface area (Å²) < 4.78 is 0. The second-order valence-electron chi connectivity index (χ2n) is 3.82. The fraction of sp³-hybridized carbons (Fsp3) is 0.143. The lowest BCUT2D eigenvalue weighted by Gasteiger charge is -2.14. The number of pyridine rings is 1. The Hall–Kier alpha value is -2.16. The van der Waals surface area contributed by atoms with E-state index in [-0.39, 0.29) is 12.3 Å². The topological polar surface area (TPSA) is 50.2 Å². The molecule has 86 valence electrons. The summed E-state index contributed by atoms with van der Waals surface area (Å²) in [4.78, 5) is 15.2. The van der Waals surface area contributed by atoms with Crippen LogP contribution >= 0.6 is 0 Å². The van der Waals surface area contributed by atoms with Gasteiger partial charge in [0.15, 0.2) is 0 Å². The quantitative estimate of drug-likeness (QED) is 0.873. The van der Waals surface area contributed by atoms with Gasteiger partial charge in [-0.25, -0.2) is 0 Å². The number of nitrogens with zero attached hydrogens (tertiary/aromatic N) is 1. The van der Waals surface area contributed by atoms with Gasteiger partial charge in [-0.1, -0.05) is 36.4 Å². The normalized spacial score (nSPS) is 12.0. The Morgan fingerprint density at radius 2 is 1.82 bits per heavy atom. The van der Waals surface area contributed by atoms with Crippen LogP contribution in [0.4, 0.5) is 0 Å². The van der Waals surface area contributed by atoms with E-state index in [0.29, 0.717) is 0 Å². The number of carbonyl (C=O) groups is 1. The SMILES string of the molecule is O=C(O)CC(c1ccccc1)c1ccccn1. The molecule has 0 fully saturated rings. The highest BCUT2D eigenvalue weighted by atomic mass is 16.4. The maximum Gasteiger partial charge on any atom is 0.304 e. The molecule has 1 aromatic heterocycles. The molecule has 1 unspecified atom stereocenters. The summed E-state index contributed by atoms with van der Waals surface area (Å²) >= 11 is 0. The number of hydrogen-bond acceptors (Lipinski definition) is 2. The van der Waals surface area contributed by atoms with E-state index >= 15 is 0 Å². The lowest BCUT2D eigenvalue weighted by molar-refractivity contribution is -0.137. The molecule has 0 aliphatic carbocycles. The minimum absolute atomic E-state index is 0.0566. The van der Waals surface area contributed by atoms with Crippen molar-refractivity contribution in [3.05, 3.63) is 66.0 Å². The molecule has 0 saturated heterocycles. The van der Waals surface area contributed by atoms with Crippen molar-refractivity contribution in [3.63, 3.8) is 0 Å². The van der Waals surface area contributed by atoms with Gasteiger partial charge >= 0.3 is 5.97 Å². The number of rotatable bonds is 4. The zero-order valence-corrected chi connectivity index (χ0v) is 9.28. The number of benzene rings is 1. The van der Waals surface area contributed by atoms with Crippen LogP contribution in [0.15, 0.2) is 54.7 Å². The Labute approximate surface area is 99.8 Å². The average Bonchev–Trinajstić information content (AvgIpc) is 2.38. The monoisotopic (exact) mass is 227 g/mol. The first-order chi connectivity index (χ1) is 8.27. The van der Waals surface area contributed by atoms with E-state index in [1.54, 1.807) is 6.20 Å². The highest BCUT2D eigenvalue weighted by Crippen LogP contribution is 2.25. The van der Waals surface area contributed by atoms with Gasteiger partial charge < -0.3 is 5.11 Å². The summed E-state index contributed by atoms with van der Waals surface area (Å²) in [6.07, 6.45) is 1.74. The van der Waals surface area contributed by atoms with E-state index in [1.165, 1.54) is 0 Å². The molecule has 2 aromatic rings. The van der Waals surface area contributed by atoms with Gasteiger partial charge in [0.2, 0.25) is 0 Å². The van der Waals surface area contributed by atoms with Crippen LogP contribution in [-0.4, -0.2) is 16.1 Å². The molecule has 1 N–H and O–H groups in total. The maximum absolute atomic E-state index is 10.9. The first-order valence-corrected chi connectivity index (χ1v) is 5.45. The number of carboxylic acid groups (broad SMARTS) is 1. The number of aromatic nitrogens is 1. The van der Waals surface area contributed by atoms with Gasteiger partial charge in [0.05, 0.1) is 6.42 Å². The predicted octanol–water partition coefficient (Wildman–Crippen LogP) is 2.69. The molecule has 0 saturated carbocycles. The average molecular weight is 227 g/mol. The lowest BCUT2D eigenvalue weighted by atomic mass is 9.92. The van der Waals surface area contributed by atoms with E-state index in [9.17, 15) is 4.79 Å². The maximum atomic E-state index is 10.9. The van der Waals surface area contributed by atoms with Crippen molar-refractivity contribution >= 4 is 5.97 Å². The molecule has 17 heavy (non-hydrogen) atoms. The van der Waals surface area contributed by atoms with Gasteiger partial charge in [0.25, 0.3) is 0 Å². The zero-order valence-electron chi connectivity index (χ0n) is 9.28. The molecule has 0 radical (unpaired) electrons. The second-order valence-corrected chi connectivity index (χ2v) is 3.82. The summed E-state index contributed by atoms with van der Waals surface area (Å²) in [5, 5.41) is 8.98. The van der Waals surface area contributed by atoms with E-state index in [4.69, 9.17) is 5.11 Å². The van der Waals surface area contributed by atoms with Crippen molar-refractivity contribution in [2.75, 3.05) is 0 Å². The van der Waals surface area contributed by atoms with E-state index in [0.717, 1.165) is 11.3 Å². The number of aliphatic carboxylic acids is 1. The number of carboxylic acids is 1. The van der Waals surface area contributed by atoms with Crippen LogP contribution in [0.5, 0.6) is 0 Å². The Kier molecular flexibility index (Phi) is 3.50. The molecule has 2 rings (SSSR count). The molecule has 1 heterocycles. The fourth-order valence-corrected chi connectivity index (χ4v) is 1.84. The van der Waals surface area contributed by atoms with Crippen LogP contribution in [0.1, 0.15) is 23.6 Å². The summed E-state index contributed by atoms with van der Waals surface area (Å²) in [5.41, 5.74) is 1.77. The van der Waals surface area contributed by atoms with Gasteiger partial charge in [-0.15, -0.1) is 0 Å². The molecule has 3 heteroatoms. The molecule has 0 amide bonds. The van der Waals surface area contributed by atoms with Crippen molar-refractivity contribution in [2.24, 2.45) is 0 Å². The van der Waals surface area contributed by atoms with Gasteiger partial charge in [0, 0.05) is 17.8 Å². The number of hydrogen-bond donors (Lipinski definition) is 1. The van der Waals surface area contributed by atoms with Crippen molar-refractivity contribution in [1.29, 1.82) is 0 Å². The van der Waals surface area contributed by atoms with Gasteiger partial charge in [0.1, 0.15) is 0 Å². The van der Waals surface area contributed by atoms with Crippen LogP contribution in [0.2, 0.25) is 0 Å². The Bertz CT molecular complexity index is 443. The van der Waals surface area contributed by atoms with Crippen molar-refractivity contribution < 1.29 is 9.90 Å². The molecular weight excluding hydrogens is 214 g/mol.